The highest BCUT2D eigenvalue weighted by molar-refractivity contribution is 5.90. The first-order valence-electron chi connectivity index (χ1n) is 8.72. The molecule has 0 saturated carbocycles. The van der Waals surface area contributed by atoms with Crippen molar-refractivity contribution in [2.24, 2.45) is 0 Å². The normalized spacial score (nSPS) is 19.9. The van der Waals surface area contributed by atoms with Crippen molar-refractivity contribution in [3.8, 4) is 0 Å². The van der Waals surface area contributed by atoms with Crippen LogP contribution in [0.1, 0.15) is 18.5 Å². The molecule has 146 valence electrons. The van der Waals surface area contributed by atoms with Crippen molar-refractivity contribution in [3.63, 3.8) is 0 Å². The number of amides is 2. The molecule has 8 nitrogen and oxygen atoms in total. The first kappa shape index (κ1) is 19.5. The highest BCUT2D eigenvalue weighted by atomic mass is 16.6. The molecule has 2 N–H and O–H groups in total. The van der Waals surface area contributed by atoms with Gasteiger partial charge in [-0.3, -0.25) is 15.0 Å². The fraction of sp³-hybridized carbons (Fsp3) is 0.250. The number of rotatable bonds is 5. The van der Waals surface area contributed by atoms with E-state index in [0.29, 0.717) is 11.3 Å². The van der Waals surface area contributed by atoms with E-state index in [1.807, 2.05) is 30.3 Å². The number of carbonyl (C=O) groups is 1. The molecule has 28 heavy (non-hydrogen) atoms. The van der Waals surface area contributed by atoms with Crippen LogP contribution in [0.4, 0.5) is 16.2 Å². The van der Waals surface area contributed by atoms with Gasteiger partial charge in [0.1, 0.15) is 6.10 Å². The smallest absolute Gasteiger partial charge is 0.324 e. The minimum atomic E-state index is -1.05. The Bertz CT molecular complexity index is 869. The summed E-state index contributed by atoms with van der Waals surface area (Å²) in [6, 6.07) is 14.0. The Labute approximate surface area is 162 Å². The largest absolute Gasteiger partial charge is 0.384 e. The summed E-state index contributed by atoms with van der Waals surface area (Å²) < 4.78 is 5.73. The Morgan fingerprint density at radius 2 is 1.93 bits per heavy atom. The van der Waals surface area contributed by atoms with Gasteiger partial charge in [0.2, 0.25) is 0 Å². The fourth-order valence-electron chi connectivity index (χ4n) is 3.06. The lowest BCUT2D eigenvalue weighted by Gasteiger charge is -2.31. The van der Waals surface area contributed by atoms with Gasteiger partial charge in [-0.2, -0.15) is 0 Å². The quantitative estimate of drug-likeness (QED) is 0.467. The molecule has 0 radical (unpaired) electrons. The molecule has 8 heteroatoms. The van der Waals surface area contributed by atoms with Gasteiger partial charge in [0.15, 0.2) is 6.23 Å². The second kappa shape index (κ2) is 8.20. The van der Waals surface area contributed by atoms with Crippen LogP contribution in [0.25, 0.3) is 0 Å². The van der Waals surface area contributed by atoms with Crippen molar-refractivity contribution in [2.45, 2.75) is 25.3 Å². The van der Waals surface area contributed by atoms with Gasteiger partial charge in [-0.15, -0.1) is 0 Å². The maximum absolute atomic E-state index is 13.0. The van der Waals surface area contributed by atoms with E-state index in [1.54, 1.807) is 6.92 Å². The van der Waals surface area contributed by atoms with Crippen LogP contribution >= 0.6 is 0 Å². The molecule has 3 atom stereocenters. The van der Waals surface area contributed by atoms with E-state index in [1.165, 1.54) is 29.2 Å². The monoisotopic (exact) mass is 383 g/mol. The van der Waals surface area contributed by atoms with Crippen LogP contribution < -0.4 is 5.32 Å². The van der Waals surface area contributed by atoms with Crippen LogP contribution in [0.3, 0.4) is 0 Å². The van der Waals surface area contributed by atoms with E-state index >= 15 is 0 Å². The van der Waals surface area contributed by atoms with Gasteiger partial charge in [-0.05, 0) is 30.2 Å². The Hall–Kier alpha value is -3.23. The third-order valence-electron chi connectivity index (χ3n) is 4.56. The first-order valence-corrected chi connectivity index (χ1v) is 8.72. The molecule has 2 amide bonds. The first-order chi connectivity index (χ1) is 13.4. The number of nitro groups is 1. The summed E-state index contributed by atoms with van der Waals surface area (Å²) in [7, 11) is 0. The topological polar surface area (TPSA) is 105 Å². The molecule has 0 spiro atoms. The number of benzene rings is 2. The molecule has 0 aromatic heterocycles. The van der Waals surface area contributed by atoms with Crippen LogP contribution in [0.2, 0.25) is 0 Å². The summed E-state index contributed by atoms with van der Waals surface area (Å²) in [6.07, 6.45) is -1.93. The number of aliphatic hydroxyl groups is 1. The number of hydrogen-bond acceptors (Lipinski definition) is 5. The van der Waals surface area contributed by atoms with Crippen molar-refractivity contribution in [2.75, 3.05) is 11.9 Å². The predicted molar refractivity (Wildman–Crippen MR) is 104 cm³/mol. The Morgan fingerprint density at radius 3 is 2.50 bits per heavy atom. The van der Waals surface area contributed by atoms with Gasteiger partial charge in [-0.25, -0.2) is 4.79 Å². The second-order valence-electron chi connectivity index (χ2n) is 6.58. The van der Waals surface area contributed by atoms with Crippen molar-refractivity contribution >= 4 is 17.4 Å². The van der Waals surface area contributed by atoms with Crippen molar-refractivity contribution in [1.82, 2.24) is 4.90 Å². The molecule has 1 unspecified atom stereocenters. The van der Waals surface area contributed by atoms with Crippen LogP contribution in [0.15, 0.2) is 66.7 Å². The zero-order chi connectivity index (χ0) is 20.3. The third-order valence-corrected chi connectivity index (χ3v) is 4.56. The number of ether oxygens (including phenoxy) is 1. The fourth-order valence-corrected chi connectivity index (χ4v) is 3.06. The Kier molecular flexibility index (Phi) is 5.72. The molecule has 2 aromatic rings. The summed E-state index contributed by atoms with van der Waals surface area (Å²) in [6.45, 7) is 5.64. The average molecular weight is 383 g/mol. The molecule has 0 aliphatic carbocycles. The highest BCUT2D eigenvalue weighted by Gasteiger charge is 2.42. The summed E-state index contributed by atoms with van der Waals surface area (Å²) in [5, 5.41) is 24.0. The average Bonchev–Trinajstić information content (AvgIpc) is 3.13. The molecule has 2 aromatic carbocycles. The lowest BCUT2D eigenvalue weighted by atomic mass is 10.1. The highest BCUT2D eigenvalue weighted by Crippen LogP contribution is 2.33. The summed E-state index contributed by atoms with van der Waals surface area (Å²) >= 11 is 0. The molecule has 1 aliphatic rings. The number of urea groups is 1. The van der Waals surface area contributed by atoms with Crippen LogP contribution in [0.5, 0.6) is 0 Å². The minimum absolute atomic E-state index is 0.0692. The molecular formula is C20H21N3O5. The number of non-ortho nitro benzene ring substituents is 1. The van der Waals surface area contributed by atoms with Gasteiger partial charge in [0, 0.05) is 17.8 Å². The molecule has 1 saturated heterocycles. The number of hydrogen-bond donors (Lipinski definition) is 2. The minimum Gasteiger partial charge on any atom is -0.384 e. The predicted octanol–water partition coefficient (Wildman–Crippen LogP) is 3.46. The lowest BCUT2D eigenvalue weighted by molar-refractivity contribution is -0.384. The van der Waals surface area contributed by atoms with Crippen molar-refractivity contribution in [1.29, 1.82) is 0 Å². The maximum atomic E-state index is 13.0. The number of anilines is 1. The standard InChI is InChI=1S/C20H21N3O5/c1-13(2)18(24)19-22(17(12-28-19)14-6-4-3-5-7-14)20(25)21-15-8-10-16(11-9-15)23(26)27/h3-11,17-19,24H,1,12H2,2H3,(H,21,25)/t17-,18?,19+/m1/s1. The zero-order valence-corrected chi connectivity index (χ0v) is 15.3. The molecule has 3 rings (SSSR count). The molecule has 1 fully saturated rings. The van der Waals surface area contributed by atoms with Crippen molar-refractivity contribution in [3.05, 3.63) is 82.4 Å². The Balaban J connectivity index is 1.86. The Morgan fingerprint density at radius 1 is 1.29 bits per heavy atom. The van der Waals surface area contributed by atoms with Crippen LogP contribution in [-0.2, 0) is 4.74 Å². The number of nitrogens with one attached hydrogen (secondary N) is 1. The molecule has 0 bridgehead atoms. The van der Waals surface area contributed by atoms with E-state index in [2.05, 4.69) is 11.9 Å². The van der Waals surface area contributed by atoms with Gasteiger partial charge < -0.3 is 15.2 Å². The molecular weight excluding hydrogens is 362 g/mol. The van der Waals surface area contributed by atoms with Crippen LogP contribution in [0, 0.1) is 10.1 Å². The number of nitro benzene ring substituents is 1. The van der Waals surface area contributed by atoms with E-state index in [9.17, 15) is 20.0 Å². The summed E-state index contributed by atoms with van der Waals surface area (Å²) in [5.74, 6) is 0. The van der Waals surface area contributed by atoms with Gasteiger partial charge >= 0.3 is 6.03 Å². The maximum Gasteiger partial charge on any atom is 0.324 e. The SMILES string of the molecule is C=C(C)C(O)[C@@H]1OC[C@H](c2ccccc2)N1C(=O)Nc1ccc([N+](=O)[O-])cc1. The zero-order valence-electron chi connectivity index (χ0n) is 15.3. The van der Waals surface area contributed by atoms with E-state index in [4.69, 9.17) is 4.74 Å². The van der Waals surface area contributed by atoms with Crippen molar-refractivity contribution < 1.29 is 19.6 Å². The van der Waals surface area contributed by atoms with Gasteiger partial charge in [-0.1, -0.05) is 36.9 Å². The number of carbonyl (C=O) groups excluding carboxylic acids is 1. The summed E-state index contributed by atoms with van der Waals surface area (Å²) in [5.41, 5.74) is 1.68. The lowest BCUT2D eigenvalue weighted by Crippen LogP contribution is -2.46. The summed E-state index contributed by atoms with van der Waals surface area (Å²) in [4.78, 5) is 24.7. The molecule has 1 heterocycles. The van der Waals surface area contributed by atoms with E-state index in [0.717, 1.165) is 5.56 Å². The number of nitrogens with zero attached hydrogens (tertiary/aromatic N) is 2. The van der Waals surface area contributed by atoms with Gasteiger partial charge in [0.25, 0.3) is 5.69 Å². The van der Waals surface area contributed by atoms with E-state index < -0.39 is 29.3 Å². The third kappa shape index (κ3) is 4.03. The second-order valence-corrected chi connectivity index (χ2v) is 6.58. The molecule has 1 aliphatic heterocycles. The van der Waals surface area contributed by atoms with Gasteiger partial charge in [0.05, 0.1) is 17.6 Å². The number of aliphatic hydroxyl groups excluding tert-OH is 1. The van der Waals surface area contributed by atoms with Crippen LogP contribution in [-0.4, -0.2) is 39.9 Å². The van der Waals surface area contributed by atoms with E-state index in [-0.39, 0.29) is 12.3 Å².